The van der Waals surface area contributed by atoms with Gasteiger partial charge in [-0.15, -0.1) is 0 Å². The number of nitrogens with zero attached hydrogens (tertiary/aromatic N) is 2. The summed E-state index contributed by atoms with van der Waals surface area (Å²) in [5, 5.41) is 4.76. The summed E-state index contributed by atoms with van der Waals surface area (Å²) in [5.74, 6) is 0.375. The van der Waals surface area contributed by atoms with Gasteiger partial charge in [-0.2, -0.15) is 0 Å². The highest BCUT2D eigenvalue weighted by Crippen LogP contribution is 2.15. The number of amides is 1. The summed E-state index contributed by atoms with van der Waals surface area (Å²) in [5.41, 5.74) is 0.601. The van der Waals surface area contributed by atoms with Gasteiger partial charge < -0.3 is 5.32 Å². The molecular weight excluding hydrogens is 238 g/mol. The lowest BCUT2D eigenvalue weighted by Crippen LogP contribution is -2.12. The van der Waals surface area contributed by atoms with Crippen LogP contribution in [0.15, 0.2) is 61.1 Å². The zero-order valence-corrected chi connectivity index (χ0v) is 10.1. The zero-order chi connectivity index (χ0) is 13.1. The second-order valence-electron chi connectivity index (χ2n) is 4.11. The Labute approximate surface area is 110 Å². The molecule has 4 heteroatoms. The molecule has 0 aliphatic heterocycles. The van der Waals surface area contributed by atoms with Crippen molar-refractivity contribution in [3.8, 4) is 0 Å². The van der Waals surface area contributed by atoms with Crippen LogP contribution in [0.3, 0.4) is 0 Å². The first-order valence-corrected chi connectivity index (χ1v) is 5.89. The van der Waals surface area contributed by atoms with E-state index in [0.29, 0.717) is 11.4 Å². The molecule has 0 fully saturated rings. The highest BCUT2D eigenvalue weighted by atomic mass is 16.1. The maximum Gasteiger partial charge on any atom is 0.256 e. The number of aromatic nitrogens is 2. The number of hydrogen-bond donors (Lipinski definition) is 1. The summed E-state index contributed by atoms with van der Waals surface area (Å²) in [6.45, 7) is 0. The van der Waals surface area contributed by atoms with Crippen molar-refractivity contribution in [3.63, 3.8) is 0 Å². The van der Waals surface area contributed by atoms with Gasteiger partial charge in [0.2, 0.25) is 0 Å². The summed E-state index contributed by atoms with van der Waals surface area (Å²) in [4.78, 5) is 20.2. The molecule has 4 nitrogen and oxygen atoms in total. The number of carbonyl (C=O) groups is 1. The summed E-state index contributed by atoms with van der Waals surface area (Å²) in [6, 6.07) is 12.8. The molecule has 1 amide bonds. The van der Waals surface area contributed by atoms with Gasteiger partial charge in [0.25, 0.3) is 5.91 Å². The summed E-state index contributed by atoms with van der Waals surface area (Å²) in [7, 11) is 0. The molecule has 0 saturated carbocycles. The number of carbonyl (C=O) groups excluding carboxylic acids is 1. The van der Waals surface area contributed by atoms with Crippen molar-refractivity contribution >= 4 is 22.5 Å². The van der Waals surface area contributed by atoms with E-state index < -0.39 is 0 Å². The molecule has 0 atom stereocenters. The number of fused-ring (bicyclic) bond motifs is 1. The van der Waals surface area contributed by atoms with Gasteiger partial charge in [0.1, 0.15) is 5.82 Å². The Hall–Kier alpha value is -2.75. The SMILES string of the molecule is O=C(Nc1ccccn1)c1ccc2cnccc2c1. The van der Waals surface area contributed by atoms with Gasteiger partial charge in [-0.25, -0.2) is 4.98 Å². The topological polar surface area (TPSA) is 54.9 Å². The minimum Gasteiger partial charge on any atom is -0.307 e. The molecule has 0 spiro atoms. The first-order valence-electron chi connectivity index (χ1n) is 5.89. The maximum absolute atomic E-state index is 12.1. The molecule has 0 aliphatic rings. The number of hydrogen-bond acceptors (Lipinski definition) is 3. The van der Waals surface area contributed by atoms with Gasteiger partial charge in [0, 0.05) is 29.5 Å². The molecule has 1 N–H and O–H groups in total. The Balaban J connectivity index is 1.89. The van der Waals surface area contributed by atoms with E-state index in [2.05, 4.69) is 15.3 Å². The van der Waals surface area contributed by atoms with Crippen molar-refractivity contribution in [1.29, 1.82) is 0 Å². The molecule has 19 heavy (non-hydrogen) atoms. The highest BCUT2D eigenvalue weighted by molar-refractivity contribution is 6.05. The van der Waals surface area contributed by atoms with Crippen LogP contribution in [0.2, 0.25) is 0 Å². The fourth-order valence-electron chi connectivity index (χ4n) is 1.85. The predicted molar refractivity (Wildman–Crippen MR) is 73.9 cm³/mol. The molecule has 2 heterocycles. The number of benzene rings is 1. The molecule has 0 unspecified atom stereocenters. The minimum absolute atomic E-state index is 0.169. The Morgan fingerprint density at radius 3 is 2.79 bits per heavy atom. The Morgan fingerprint density at radius 1 is 1.00 bits per heavy atom. The minimum atomic E-state index is -0.169. The second kappa shape index (κ2) is 4.86. The van der Waals surface area contributed by atoms with Crippen molar-refractivity contribution in [3.05, 3.63) is 66.6 Å². The normalized spacial score (nSPS) is 10.3. The van der Waals surface area contributed by atoms with Crippen molar-refractivity contribution in [2.24, 2.45) is 0 Å². The van der Waals surface area contributed by atoms with E-state index >= 15 is 0 Å². The summed E-state index contributed by atoms with van der Waals surface area (Å²) < 4.78 is 0. The Bertz CT molecular complexity index is 726. The number of pyridine rings is 2. The van der Waals surface area contributed by atoms with Crippen LogP contribution in [-0.2, 0) is 0 Å². The van der Waals surface area contributed by atoms with E-state index in [4.69, 9.17) is 0 Å². The van der Waals surface area contributed by atoms with E-state index in [-0.39, 0.29) is 5.91 Å². The van der Waals surface area contributed by atoms with Crippen LogP contribution in [-0.4, -0.2) is 15.9 Å². The Morgan fingerprint density at radius 2 is 1.95 bits per heavy atom. The van der Waals surface area contributed by atoms with Crippen LogP contribution in [0.4, 0.5) is 5.82 Å². The van der Waals surface area contributed by atoms with Crippen molar-refractivity contribution in [2.75, 3.05) is 5.32 Å². The summed E-state index contributed by atoms with van der Waals surface area (Å²) in [6.07, 6.45) is 5.13. The van der Waals surface area contributed by atoms with E-state index in [1.165, 1.54) is 0 Å². The van der Waals surface area contributed by atoms with Crippen LogP contribution in [0.1, 0.15) is 10.4 Å². The largest absolute Gasteiger partial charge is 0.307 e. The lowest BCUT2D eigenvalue weighted by molar-refractivity contribution is 0.102. The van der Waals surface area contributed by atoms with E-state index in [1.54, 1.807) is 36.8 Å². The molecular formula is C15H11N3O. The fraction of sp³-hybridized carbons (Fsp3) is 0. The van der Waals surface area contributed by atoms with Crippen molar-refractivity contribution in [2.45, 2.75) is 0 Å². The molecule has 3 rings (SSSR count). The second-order valence-corrected chi connectivity index (χ2v) is 4.11. The summed E-state index contributed by atoms with van der Waals surface area (Å²) >= 11 is 0. The average Bonchev–Trinajstić information content (AvgIpc) is 2.48. The number of rotatable bonds is 2. The molecule has 0 saturated heterocycles. The molecule has 1 aromatic carbocycles. The van der Waals surface area contributed by atoms with Gasteiger partial charge in [0.15, 0.2) is 0 Å². The fourth-order valence-corrected chi connectivity index (χ4v) is 1.85. The molecule has 92 valence electrons. The molecule has 0 radical (unpaired) electrons. The molecule has 0 aliphatic carbocycles. The van der Waals surface area contributed by atoms with Crippen LogP contribution in [0.5, 0.6) is 0 Å². The van der Waals surface area contributed by atoms with E-state index in [0.717, 1.165) is 10.8 Å². The van der Waals surface area contributed by atoms with Crippen LogP contribution in [0, 0.1) is 0 Å². The van der Waals surface area contributed by atoms with Crippen LogP contribution in [0.25, 0.3) is 10.8 Å². The lowest BCUT2D eigenvalue weighted by Gasteiger charge is -2.05. The van der Waals surface area contributed by atoms with Gasteiger partial charge in [-0.05, 0) is 35.7 Å². The van der Waals surface area contributed by atoms with Crippen molar-refractivity contribution < 1.29 is 4.79 Å². The van der Waals surface area contributed by atoms with Crippen molar-refractivity contribution in [1.82, 2.24) is 9.97 Å². The van der Waals surface area contributed by atoms with Crippen LogP contribution < -0.4 is 5.32 Å². The monoisotopic (exact) mass is 249 g/mol. The smallest absolute Gasteiger partial charge is 0.256 e. The van der Waals surface area contributed by atoms with Crippen LogP contribution >= 0.6 is 0 Å². The number of nitrogens with one attached hydrogen (secondary N) is 1. The first-order chi connectivity index (χ1) is 9.33. The standard InChI is InChI=1S/C15H11N3O/c19-15(18-14-3-1-2-7-17-14)12-4-5-13-10-16-8-6-11(13)9-12/h1-10H,(H,17,18,19). The van der Waals surface area contributed by atoms with E-state index in [9.17, 15) is 4.79 Å². The Kier molecular flexibility index (Phi) is 2.90. The van der Waals surface area contributed by atoms with Gasteiger partial charge in [-0.3, -0.25) is 9.78 Å². The highest BCUT2D eigenvalue weighted by Gasteiger charge is 2.07. The maximum atomic E-state index is 12.1. The molecule has 0 bridgehead atoms. The average molecular weight is 249 g/mol. The first kappa shape index (κ1) is 11.3. The third-order valence-electron chi connectivity index (χ3n) is 2.81. The molecule has 3 aromatic rings. The third kappa shape index (κ3) is 2.42. The van der Waals surface area contributed by atoms with Gasteiger partial charge in [0.05, 0.1) is 0 Å². The predicted octanol–water partition coefficient (Wildman–Crippen LogP) is 2.88. The lowest BCUT2D eigenvalue weighted by atomic mass is 10.1. The molecule has 2 aromatic heterocycles. The third-order valence-corrected chi connectivity index (χ3v) is 2.81. The van der Waals surface area contributed by atoms with Gasteiger partial charge >= 0.3 is 0 Å². The van der Waals surface area contributed by atoms with Gasteiger partial charge in [-0.1, -0.05) is 12.1 Å². The van der Waals surface area contributed by atoms with E-state index in [1.807, 2.05) is 24.3 Å². The zero-order valence-electron chi connectivity index (χ0n) is 10.1. The number of anilines is 1. The quantitative estimate of drug-likeness (QED) is 0.759.